The summed E-state index contributed by atoms with van der Waals surface area (Å²) in [6, 6.07) is 9.33. The first-order valence-corrected chi connectivity index (χ1v) is 5.57. The van der Waals surface area contributed by atoms with E-state index >= 15 is 0 Å². The van der Waals surface area contributed by atoms with Gasteiger partial charge < -0.3 is 5.32 Å². The van der Waals surface area contributed by atoms with Crippen LogP contribution in [0.4, 0.5) is 0 Å². The third kappa shape index (κ3) is 3.93. The fraction of sp³-hybridized carbons (Fsp3) is 0.333. The topological polar surface area (TPSA) is 41.5 Å². The monoisotopic (exact) mass is 234 g/mol. The summed E-state index contributed by atoms with van der Waals surface area (Å²) in [5.74, 6) is -0.108. The first kappa shape index (κ1) is 12.6. The molecule has 1 aromatic rings. The first-order valence-electron chi connectivity index (χ1n) is 5.16. The van der Waals surface area contributed by atoms with E-state index in [2.05, 4.69) is 27.7 Å². The van der Waals surface area contributed by atoms with E-state index in [1.807, 2.05) is 37.3 Å². The Bertz CT molecular complexity index is 385. The van der Waals surface area contributed by atoms with Crippen molar-refractivity contribution in [2.75, 3.05) is 0 Å². The molecular weight excluding hydrogens is 220 g/mol. The number of amides is 1. The molecule has 1 aromatic carbocycles. The van der Waals surface area contributed by atoms with E-state index in [0.717, 1.165) is 5.56 Å². The Kier molecular flexibility index (Phi) is 5.40. The number of nitrogens with one attached hydrogen (secondary N) is 1. The molecular formula is C12H14N2OS. The Balaban J connectivity index is 2.49. The van der Waals surface area contributed by atoms with Crippen LogP contribution in [0.1, 0.15) is 18.9 Å². The molecule has 0 heterocycles. The lowest BCUT2D eigenvalue weighted by Gasteiger charge is -2.09. The van der Waals surface area contributed by atoms with E-state index in [-0.39, 0.29) is 5.91 Å². The average Bonchev–Trinajstić information content (AvgIpc) is 2.34. The molecule has 0 bridgehead atoms. The number of nitrogens with zero attached hydrogens (tertiary/aromatic N) is 1. The van der Waals surface area contributed by atoms with Gasteiger partial charge in [-0.1, -0.05) is 37.3 Å². The molecule has 16 heavy (non-hydrogen) atoms. The Morgan fingerprint density at radius 3 is 2.75 bits per heavy atom. The van der Waals surface area contributed by atoms with Crippen LogP contribution in [-0.2, 0) is 11.3 Å². The van der Waals surface area contributed by atoms with Gasteiger partial charge in [0.15, 0.2) is 0 Å². The highest BCUT2D eigenvalue weighted by Crippen LogP contribution is 2.00. The number of carbonyl (C=O) groups is 1. The van der Waals surface area contributed by atoms with Crippen molar-refractivity contribution >= 4 is 23.3 Å². The van der Waals surface area contributed by atoms with Gasteiger partial charge >= 0.3 is 0 Å². The molecule has 0 saturated heterocycles. The van der Waals surface area contributed by atoms with Crippen molar-refractivity contribution in [3.8, 4) is 0 Å². The second kappa shape index (κ2) is 6.88. The number of rotatable bonds is 5. The van der Waals surface area contributed by atoms with Gasteiger partial charge in [0, 0.05) is 6.54 Å². The molecule has 0 spiro atoms. The maximum Gasteiger partial charge on any atom is 0.245 e. The van der Waals surface area contributed by atoms with Gasteiger partial charge in [0.1, 0.15) is 6.04 Å². The number of aliphatic imine (C=N–C) groups is 1. The summed E-state index contributed by atoms with van der Waals surface area (Å²) in [4.78, 5) is 15.5. The molecule has 0 fully saturated rings. The minimum atomic E-state index is -0.416. The normalized spacial score (nSPS) is 11.3. The van der Waals surface area contributed by atoms with Crippen LogP contribution in [0.5, 0.6) is 0 Å². The van der Waals surface area contributed by atoms with Gasteiger partial charge in [0.05, 0.1) is 5.16 Å². The van der Waals surface area contributed by atoms with Gasteiger partial charge in [-0.2, -0.15) is 0 Å². The van der Waals surface area contributed by atoms with Crippen LogP contribution in [0.3, 0.4) is 0 Å². The van der Waals surface area contributed by atoms with Crippen LogP contribution in [0.15, 0.2) is 35.3 Å². The molecule has 0 aromatic heterocycles. The quantitative estimate of drug-likeness (QED) is 0.626. The van der Waals surface area contributed by atoms with Crippen LogP contribution in [0.2, 0.25) is 0 Å². The Hall–Kier alpha value is -1.51. The predicted octanol–water partition coefficient (Wildman–Crippen LogP) is 2.18. The molecule has 0 radical (unpaired) electrons. The van der Waals surface area contributed by atoms with Crippen LogP contribution in [0.25, 0.3) is 0 Å². The highest BCUT2D eigenvalue weighted by Gasteiger charge is 2.13. The summed E-state index contributed by atoms with van der Waals surface area (Å²) in [5.41, 5.74) is 1.07. The van der Waals surface area contributed by atoms with Gasteiger partial charge in [0.2, 0.25) is 5.91 Å². The number of hydrogen-bond donors (Lipinski definition) is 1. The first-order chi connectivity index (χ1) is 7.77. The zero-order chi connectivity index (χ0) is 11.8. The van der Waals surface area contributed by atoms with Crippen molar-refractivity contribution < 1.29 is 4.79 Å². The maximum atomic E-state index is 11.6. The number of benzene rings is 1. The number of carbonyl (C=O) groups excluding carboxylic acids is 1. The molecule has 0 aliphatic rings. The van der Waals surface area contributed by atoms with Crippen LogP contribution in [-0.4, -0.2) is 17.1 Å². The molecule has 1 N–H and O–H groups in total. The molecule has 1 unspecified atom stereocenters. The molecule has 0 saturated carbocycles. The fourth-order valence-corrected chi connectivity index (χ4v) is 1.43. The highest BCUT2D eigenvalue weighted by atomic mass is 32.1. The van der Waals surface area contributed by atoms with Gasteiger partial charge in [-0.15, -0.1) is 0 Å². The average molecular weight is 234 g/mol. The third-order valence-electron chi connectivity index (χ3n) is 2.21. The van der Waals surface area contributed by atoms with Crippen molar-refractivity contribution in [3.63, 3.8) is 0 Å². The Labute approximate surface area is 101 Å². The van der Waals surface area contributed by atoms with E-state index in [4.69, 9.17) is 0 Å². The molecule has 0 aliphatic heterocycles. The summed E-state index contributed by atoms with van der Waals surface area (Å²) < 4.78 is 0. The Morgan fingerprint density at radius 1 is 1.50 bits per heavy atom. The summed E-state index contributed by atoms with van der Waals surface area (Å²) in [6.45, 7) is 2.41. The molecule has 1 amide bonds. The van der Waals surface area contributed by atoms with Gasteiger partial charge in [-0.25, -0.2) is 4.99 Å². The van der Waals surface area contributed by atoms with E-state index < -0.39 is 6.04 Å². The molecule has 0 aliphatic carbocycles. The number of thiocarbonyl (C=S) groups is 1. The SMILES string of the molecule is CCC(N=C=S)C(=O)NCc1ccccc1. The second-order valence-electron chi connectivity index (χ2n) is 3.35. The van der Waals surface area contributed by atoms with Crippen LogP contribution < -0.4 is 5.32 Å². The van der Waals surface area contributed by atoms with Gasteiger partial charge in [-0.05, 0) is 24.2 Å². The maximum absolute atomic E-state index is 11.6. The number of isothiocyanates is 1. The van der Waals surface area contributed by atoms with Crippen molar-refractivity contribution in [1.82, 2.24) is 5.32 Å². The standard InChI is InChI=1S/C12H14N2OS/c1-2-11(14-9-16)12(15)13-8-10-6-4-3-5-7-10/h3-7,11H,2,8H2,1H3,(H,13,15). The lowest BCUT2D eigenvalue weighted by atomic mass is 10.2. The third-order valence-corrected chi connectivity index (χ3v) is 2.31. The summed E-state index contributed by atoms with van der Waals surface area (Å²) in [7, 11) is 0. The summed E-state index contributed by atoms with van der Waals surface area (Å²) in [5, 5.41) is 5.06. The number of hydrogen-bond acceptors (Lipinski definition) is 3. The van der Waals surface area contributed by atoms with Crippen LogP contribution >= 0.6 is 12.2 Å². The highest BCUT2D eigenvalue weighted by molar-refractivity contribution is 7.78. The van der Waals surface area contributed by atoms with E-state index in [9.17, 15) is 4.79 Å². The molecule has 4 heteroatoms. The zero-order valence-electron chi connectivity index (χ0n) is 9.14. The van der Waals surface area contributed by atoms with Crippen LogP contribution in [0, 0.1) is 0 Å². The largest absolute Gasteiger partial charge is 0.350 e. The summed E-state index contributed by atoms with van der Waals surface area (Å²) >= 11 is 4.49. The fourth-order valence-electron chi connectivity index (χ4n) is 1.30. The second-order valence-corrected chi connectivity index (χ2v) is 3.53. The smallest absolute Gasteiger partial charge is 0.245 e. The lowest BCUT2D eigenvalue weighted by Crippen LogP contribution is -2.32. The zero-order valence-corrected chi connectivity index (χ0v) is 9.96. The van der Waals surface area contributed by atoms with Crippen molar-refractivity contribution in [2.24, 2.45) is 4.99 Å². The predicted molar refractivity (Wildman–Crippen MR) is 67.4 cm³/mol. The minimum Gasteiger partial charge on any atom is -0.350 e. The van der Waals surface area contributed by atoms with E-state index in [0.29, 0.717) is 13.0 Å². The molecule has 3 nitrogen and oxygen atoms in total. The minimum absolute atomic E-state index is 0.108. The lowest BCUT2D eigenvalue weighted by molar-refractivity contribution is -0.122. The van der Waals surface area contributed by atoms with Gasteiger partial charge in [0.25, 0.3) is 0 Å². The van der Waals surface area contributed by atoms with Crippen molar-refractivity contribution in [2.45, 2.75) is 25.9 Å². The van der Waals surface area contributed by atoms with Gasteiger partial charge in [-0.3, -0.25) is 4.79 Å². The summed E-state index contributed by atoms with van der Waals surface area (Å²) in [6.07, 6.45) is 0.629. The molecule has 1 rings (SSSR count). The Morgan fingerprint density at radius 2 is 2.19 bits per heavy atom. The van der Waals surface area contributed by atoms with Crippen molar-refractivity contribution in [3.05, 3.63) is 35.9 Å². The van der Waals surface area contributed by atoms with E-state index in [1.165, 1.54) is 0 Å². The molecule has 84 valence electrons. The van der Waals surface area contributed by atoms with E-state index in [1.54, 1.807) is 0 Å². The van der Waals surface area contributed by atoms with Crippen molar-refractivity contribution in [1.29, 1.82) is 0 Å². The molecule has 1 atom stereocenters.